The van der Waals surface area contributed by atoms with Crippen LogP contribution < -0.4 is 5.46 Å². The average Bonchev–Trinajstić information content (AvgIpc) is 2.67. The molecule has 1 heterocycles. The standard InChI is InChI=1S/C9H9BF2O4/c11-6-3-5(9-15-1-2-16-9)4-7(12)8(6)10(13)14/h3-4,9,13-14H,1-2H2. The molecule has 0 aromatic heterocycles. The predicted molar refractivity (Wildman–Crippen MR) is 50.8 cm³/mol. The van der Waals surface area contributed by atoms with E-state index < -0.39 is 30.5 Å². The van der Waals surface area contributed by atoms with Crippen molar-refractivity contribution >= 4 is 12.6 Å². The van der Waals surface area contributed by atoms with Gasteiger partial charge in [0.05, 0.1) is 18.7 Å². The molecule has 16 heavy (non-hydrogen) atoms. The van der Waals surface area contributed by atoms with Crippen LogP contribution in [0.2, 0.25) is 0 Å². The van der Waals surface area contributed by atoms with Gasteiger partial charge >= 0.3 is 7.12 Å². The number of hydrogen-bond donors (Lipinski definition) is 2. The highest BCUT2D eigenvalue weighted by Crippen LogP contribution is 2.24. The van der Waals surface area contributed by atoms with Crippen molar-refractivity contribution in [3.8, 4) is 0 Å². The van der Waals surface area contributed by atoms with Crippen molar-refractivity contribution in [3.63, 3.8) is 0 Å². The SMILES string of the molecule is OB(O)c1c(F)cc(C2OCCO2)cc1F. The number of rotatable bonds is 2. The lowest BCUT2D eigenvalue weighted by molar-refractivity contribution is -0.0444. The lowest BCUT2D eigenvalue weighted by Gasteiger charge is -2.11. The molecular weight excluding hydrogens is 221 g/mol. The summed E-state index contributed by atoms with van der Waals surface area (Å²) in [6, 6.07) is 1.93. The van der Waals surface area contributed by atoms with E-state index in [0.717, 1.165) is 12.1 Å². The molecule has 2 rings (SSSR count). The maximum Gasteiger partial charge on any atom is 0.494 e. The number of ether oxygens (including phenoxy) is 2. The van der Waals surface area contributed by atoms with Crippen molar-refractivity contribution < 1.29 is 28.3 Å². The van der Waals surface area contributed by atoms with Gasteiger partial charge in [0.1, 0.15) is 11.6 Å². The van der Waals surface area contributed by atoms with Crippen LogP contribution in [0, 0.1) is 11.6 Å². The van der Waals surface area contributed by atoms with Gasteiger partial charge in [0.25, 0.3) is 0 Å². The average molecular weight is 230 g/mol. The van der Waals surface area contributed by atoms with Crippen LogP contribution >= 0.6 is 0 Å². The van der Waals surface area contributed by atoms with Gasteiger partial charge in [-0.15, -0.1) is 0 Å². The third kappa shape index (κ3) is 2.07. The summed E-state index contributed by atoms with van der Waals surface area (Å²) >= 11 is 0. The summed E-state index contributed by atoms with van der Waals surface area (Å²) in [6.07, 6.45) is -0.797. The molecule has 1 fully saturated rings. The molecule has 1 saturated heterocycles. The highest BCUT2D eigenvalue weighted by Gasteiger charge is 2.26. The minimum absolute atomic E-state index is 0.178. The molecule has 0 spiro atoms. The number of benzene rings is 1. The van der Waals surface area contributed by atoms with Gasteiger partial charge in [-0.1, -0.05) is 0 Å². The fourth-order valence-electron chi connectivity index (χ4n) is 1.54. The van der Waals surface area contributed by atoms with Crippen LogP contribution in [0.15, 0.2) is 12.1 Å². The summed E-state index contributed by atoms with van der Waals surface area (Å²) < 4.78 is 36.8. The number of halogens is 2. The van der Waals surface area contributed by atoms with Crippen molar-refractivity contribution in [3.05, 3.63) is 29.3 Å². The molecule has 0 radical (unpaired) electrons. The molecule has 4 nitrogen and oxygen atoms in total. The van der Waals surface area contributed by atoms with E-state index in [1.807, 2.05) is 0 Å². The van der Waals surface area contributed by atoms with Gasteiger partial charge in [0.15, 0.2) is 6.29 Å². The Balaban J connectivity index is 2.36. The minimum Gasteiger partial charge on any atom is -0.423 e. The minimum atomic E-state index is -2.18. The summed E-state index contributed by atoms with van der Waals surface area (Å²) in [6.45, 7) is 0.719. The molecule has 0 unspecified atom stereocenters. The van der Waals surface area contributed by atoms with E-state index in [9.17, 15) is 8.78 Å². The van der Waals surface area contributed by atoms with Crippen LogP contribution in [0.3, 0.4) is 0 Å². The smallest absolute Gasteiger partial charge is 0.423 e. The molecule has 1 aliphatic rings. The molecule has 2 N–H and O–H groups in total. The van der Waals surface area contributed by atoms with Crippen molar-refractivity contribution in [2.24, 2.45) is 0 Å². The second-order valence-electron chi connectivity index (χ2n) is 3.35. The Morgan fingerprint density at radius 1 is 1.12 bits per heavy atom. The quantitative estimate of drug-likeness (QED) is 0.684. The van der Waals surface area contributed by atoms with Crippen molar-refractivity contribution in [1.82, 2.24) is 0 Å². The fourth-order valence-corrected chi connectivity index (χ4v) is 1.54. The summed E-state index contributed by atoms with van der Waals surface area (Å²) in [4.78, 5) is 0. The summed E-state index contributed by atoms with van der Waals surface area (Å²) in [5, 5.41) is 17.5. The molecule has 86 valence electrons. The fraction of sp³-hybridized carbons (Fsp3) is 0.333. The molecule has 0 aliphatic carbocycles. The molecule has 0 bridgehead atoms. The largest absolute Gasteiger partial charge is 0.494 e. The highest BCUT2D eigenvalue weighted by molar-refractivity contribution is 6.58. The molecular formula is C9H9BF2O4. The van der Waals surface area contributed by atoms with Gasteiger partial charge < -0.3 is 19.5 Å². The second kappa shape index (κ2) is 4.46. The van der Waals surface area contributed by atoms with Crippen LogP contribution in [-0.4, -0.2) is 30.4 Å². The Hall–Kier alpha value is -1.02. The lowest BCUT2D eigenvalue weighted by Crippen LogP contribution is -2.36. The van der Waals surface area contributed by atoms with E-state index in [2.05, 4.69) is 0 Å². The molecule has 0 saturated carbocycles. The van der Waals surface area contributed by atoms with Crippen LogP contribution in [0.25, 0.3) is 0 Å². The lowest BCUT2D eigenvalue weighted by atomic mass is 9.79. The van der Waals surface area contributed by atoms with E-state index in [1.165, 1.54) is 0 Å². The summed E-state index contributed by atoms with van der Waals surface area (Å²) in [5.41, 5.74) is -0.598. The highest BCUT2D eigenvalue weighted by atomic mass is 19.1. The molecule has 1 aromatic carbocycles. The van der Waals surface area contributed by atoms with Crippen LogP contribution in [-0.2, 0) is 9.47 Å². The Morgan fingerprint density at radius 3 is 2.06 bits per heavy atom. The predicted octanol–water partition coefficient (Wildman–Crippen LogP) is -0.310. The first-order valence-corrected chi connectivity index (χ1v) is 4.68. The van der Waals surface area contributed by atoms with Gasteiger partial charge in [-0.05, 0) is 12.1 Å². The van der Waals surface area contributed by atoms with Crippen molar-refractivity contribution in [2.45, 2.75) is 6.29 Å². The van der Waals surface area contributed by atoms with Gasteiger partial charge in [-0.25, -0.2) is 8.78 Å². The van der Waals surface area contributed by atoms with E-state index in [-0.39, 0.29) is 5.56 Å². The topological polar surface area (TPSA) is 58.9 Å². The Morgan fingerprint density at radius 2 is 1.62 bits per heavy atom. The van der Waals surface area contributed by atoms with Gasteiger partial charge in [-0.3, -0.25) is 0 Å². The maximum absolute atomic E-state index is 13.3. The Labute approximate surface area is 90.6 Å². The molecule has 1 aliphatic heterocycles. The molecule has 0 amide bonds. The summed E-state index contributed by atoms with van der Waals surface area (Å²) in [5.74, 6) is -2.08. The van der Waals surface area contributed by atoms with E-state index >= 15 is 0 Å². The molecule has 0 atom stereocenters. The van der Waals surface area contributed by atoms with Crippen LogP contribution in [0.1, 0.15) is 11.9 Å². The Kier molecular flexibility index (Phi) is 3.20. The third-order valence-corrected chi connectivity index (χ3v) is 2.25. The van der Waals surface area contributed by atoms with E-state index in [4.69, 9.17) is 19.5 Å². The van der Waals surface area contributed by atoms with Gasteiger partial charge in [0.2, 0.25) is 0 Å². The van der Waals surface area contributed by atoms with Crippen LogP contribution in [0.4, 0.5) is 8.78 Å². The van der Waals surface area contributed by atoms with Crippen molar-refractivity contribution in [2.75, 3.05) is 13.2 Å². The Bertz CT molecular complexity index is 370. The van der Waals surface area contributed by atoms with Gasteiger partial charge in [-0.2, -0.15) is 0 Å². The molecule has 1 aromatic rings. The number of hydrogen-bond acceptors (Lipinski definition) is 4. The van der Waals surface area contributed by atoms with Gasteiger partial charge in [0, 0.05) is 5.56 Å². The first-order valence-electron chi connectivity index (χ1n) is 4.68. The zero-order valence-electron chi connectivity index (χ0n) is 8.19. The van der Waals surface area contributed by atoms with E-state index in [1.54, 1.807) is 0 Å². The first kappa shape index (κ1) is 11.5. The summed E-state index contributed by atoms with van der Waals surface area (Å²) in [7, 11) is -2.18. The van der Waals surface area contributed by atoms with E-state index in [0.29, 0.717) is 13.2 Å². The first-order chi connectivity index (χ1) is 7.59. The van der Waals surface area contributed by atoms with Crippen molar-refractivity contribution in [1.29, 1.82) is 0 Å². The normalized spacial score (nSPS) is 16.8. The zero-order chi connectivity index (χ0) is 11.7. The molecule has 7 heteroatoms. The third-order valence-electron chi connectivity index (χ3n) is 2.25. The second-order valence-corrected chi connectivity index (χ2v) is 3.35. The monoisotopic (exact) mass is 230 g/mol. The maximum atomic E-state index is 13.3. The van der Waals surface area contributed by atoms with Crippen LogP contribution in [0.5, 0.6) is 0 Å². The zero-order valence-corrected chi connectivity index (χ0v) is 8.19.